The van der Waals surface area contributed by atoms with Gasteiger partial charge in [-0.25, -0.2) is 4.90 Å². The van der Waals surface area contributed by atoms with Crippen molar-refractivity contribution in [2.24, 2.45) is 15.0 Å². The summed E-state index contributed by atoms with van der Waals surface area (Å²) in [5.74, 6) is 0.820. The van der Waals surface area contributed by atoms with Gasteiger partial charge in [-0.05, 0) is 63.2 Å². The van der Waals surface area contributed by atoms with Crippen LogP contribution < -0.4 is 10.2 Å². The molecule has 3 aliphatic rings. The summed E-state index contributed by atoms with van der Waals surface area (Å²) in [6.45, 7) is 0. The van der Waals surface area contributed by atoms with Crippen LogP contribution in [0.1, 0.15) is 45.7 Å². The summed E-state index contributed by atoms with van der Waals surface area (Å²) in [7, 11) is 0. The summed E-state index contributed by atoms with van der Waals surface area (Å²) < 4.78 is 0. The first-order valence-electron chi connectivity index (χ1n) is 19.1. The van der Waals surface area contributed by atoms with Crippen LogP contribution in [0, 0.1) is 0 Å². The maximum Gasteiger partial charge on any atom is 0.336 e. The van der Waals surface area contributed by atoms with Crippen molar-refractivity contribution in [1.82, 2.24) is 5.32 Å². The lowest BCUT2D eigenvalue weighted by molar-refractivity contribution is -0.787. The summed E-state index contributed by atoms with van der Waals surface area (Å²) >= 11 is 0. The molecule has 7 aromatic carbocycles. The largest absolute Gasteiger partial charge is 0.360 e. The Kier molecular flexibility index (Phi) is 8.67. The third kappa shape index (κ3) is 6.51. The third-order valence-electron chi connectivity index (χ3n) is 10.7. The van der Waals surface area contributed by atoms with Gasteiger partial charge in [-0.2, -0.15) is 9.98 Å². The van der Waals surface area contributed by atoms with E-state index in [0.717, 1.165) is 62.0 Å². The van der Waals surface area contributed by atoms with Gasteiger partial charge >= 0.3 is 5.96 Å². The smallest absolute Gasteiger partial charge is 0.336 e. The molecule has 266 valence electrons. The van der Waals surface area contributed by atoms with Crippen LogP contribution in [0.5, 0.6) is 0 Å². The molecule has 0 aliphatic carbocycles. The highest BCUT2D eigenvalue weighted by Crippen LogP contribution is 2.31. The Balaban J connectivity index is 0.943. The number of guanidine groups is 1. The van der Waals surface area contributed by atoms with Gasteiger partial charge in [-0.1, -0.05) is 176 Å². The zero-order valence-electron chi connectivity index (χ0n) is 30.6. The molecule has 0 amide bonds. The summed E-state index contributed by atoms with van der Waals surface area (Å²) in [5.41, 5.74) is 15.5. The number of hydrogen-bond donors (Lipinski definition) is 2. The van der Waals surface area contributed by atoms with Crippen LogP contribution in [-0.2, 0) is 0 Å². The van der Waals surface area contributed by atoms with Gasteiger partial charge in [-0.15, -0.1) is 0 Å². The molecule has 3 atom stereocenters. The van der Waals surface area contributed by atoms with Gasteiger partial charge in [0, 0.05) is 28.5 Å². The standard InChI is InChI=1S/C51H37N5/c1-5-14-35(15-6-1)36-24-28-39(29-25-36)45-33-46(53-49(52-45)42-20-11-4-12-21-42)40-30-26-37(27-31-40)43-22-13-23-44(32-43)50-55-51-54-47(38-16-7-2-8-17-38)34-48(56(50)51)41-18-9-3-10-19-41/h1-34,49-50,52H/p+1. The highest BCUT2D eigenvalue weighted by Gasteiger charge is 2.44. The molecule has 10 rings (SSSR count). The van der Waals surface area contributed by atoms with Crippen molar-refractivity contribution in [3.63, 3.8) is 0 Å². The molecular formula is C51H38N5+. The number of benzene rings is 7. The minimum atomic E-state index is -0.204. The second-order valence-corrected chi connectivity index (χ2v) is 14.2. The molecule has 56 heavy (non-hydrogen) atoms. The molecule has 5 heteroatoms. The Morgan fingerprint density at radius 1 is 0.393 bits per heavy atom. The van der Waals surface area contributed by atoms with Crippen LogP contribution >= 0.6 is 0 Å². The van der Waals surface area contributed by atoms with Crippen LogP contribution in [0.2, 0.25) is 0 Å². The van der Waals surface area contributed by atoms with Gasteiger partial charge in [0.15, 0.2) is 0 Å². The van der Waals surface area contributed by atoms with Crippen molar-refractivity contribution in [3.8, 4) is 22.3 Å². The fraction of sp³-hybridized carbons (Fsp3) is 0.0392. The number of nitrogens with zero attached hydrogens (tertiary/aromatic N) is 3. The van der Waals surface area contributed by atoms with Crippen molar-refractivity contribution < 1.29 is 4.90 Å². The van der Waals surface area contributed by atoms with E-state index in [4.69, 9.17) is 15.0 Å². The molecular weight excluding hydrogens is 683 g/mol. The van der Waals surface area contributed by atoms with Crippen LogP contribution in [0.3, 0.4) is 0 Å². The quantitative estimate of drug-likeness (QED) is 0.161. The number of nitrogens with one attached hydrogen (secondary N) is 2. The number of quaternary nitrogens is 1. The summed E-state index contributed by atoms with van der Waals surface area (Å²) in [4.78, 5) is 16.5. The molecule has 3 aliphatic heterocycles. The van der Waals surface area contributed by atoms with Crippen LogP contribution in [0.15, 0.2) is 221 Å². The van der Waals surface area contributed by atoms with Gasteiger partial charge in [0.2, 0.25) is 6.17 Å². The van der Waals surface area contributed by atoms with Crippen molar-refractivity contribution in [2.75, 3.05) is 0 Å². The number of hydrogen-bond acceptors (Lipinski definition) is 4. The molecule has 0 saturated heterocycles. The lowest BCUT2D eigenvalue weighted by Gasteiger charge is -2.35. The average molecular weight is 721 g/mol. The SMILES string of the molecule is C1=C(c2ccc(-c3ccccc3)cc2)NC(c2ccccc2)N=C1c1ccc(-c2cccc(C3N=C4N=C(c5ccccc5)C=C(c5ccccc5)[NH+]43)c2)cc1. The van der Waals surface area contributed by atoms with Gasteiger partial charge in [-0.3, -0.25) is 4.99 Å². The predicted octanol–water partition coefficient (Wildman–Crippen LogP) is 9.95. The molecule has 0 spiro atoms. The summed E-state index contributed by atoms with van der Waals surface area (Å²) in [5, 5.41) is 3.70. The minimum absolute atomic E-state index is 0.0823. The number of aliphatic imine (C=N–C) groups is 3. The van der Waals surface area contributed by atoms with Crippen LogP contribution in [0.25, 0.3) is 33.6 Å². The zero-order chi connectivity index (χ0) is 37.3. The first kappa shape index (κ1) is 33.4. The summed E-state index contributed by atoms with van der Waals surface area (Å²) in [6.07, 6.45) is 4.11. The highest BCUT2D eigenvalue weighted by molar-refractivity contribution is 6.17. The van der Waals surface area contributed by atoms with Crippen molar-refractivity contribution >= 4 is 28.8 Å². The number of rotatable bonds is 8. The molecule has 7 aromatic rings. The topological polar surface area (TPSA) is 53.5 Å². The average Bonchev–Trinajstić information content (AvgIpc) is 3.28. The Morgan fingerprint density at radius 2 is 0.893 bits per heavy atom. The molecule has 0 aromatic heterocycles. The van der Waals surface area contributed by atoms with E-state index in [2.05, 4.69) is 193 Å². The third-order valence-corrected chi connectivity index (χ3v) is 10.7. The minimum Gasteiger partial charge on any atom is -0.360 e. The molecule has 5 nitrogen and oxygen atoms in total. The molecule has 0 saturated carbocycles. The van der Waals surface area contributed by atoms with Crippen molar-refractivity contribution in [3.05, 3.63) is 240 Å². The number of fused-ring (bicyclic) bond motifs is 1. The van der Waals surface area contributed by atoms with Crippen LogP contribution in [0.4, 0.5) is 0 Å². The summed E-state index contributed by atoms with van der Waals surface area (Å²) in [6, 6.07) is 68.2. The highest BCUT2D eigenvalue weighted by atomic mass is 15.4. The Morgan fingerprint density at radius 3 is 1.57 bits per heavy atom. The lowest BCUT2D eigenvalue weighted by atomic mass is 9.96. The van der Waals surface area contributed by atoms with E-state index < -0.39 is 0 Å². The Hall–Kier alpha value is -7.21. The van der Waals surface area contributed by atoms with E-state index in [0.29, 0.717) is 0 Å². The Labute approximate surface area is 327 Å². The maximum atomic E-state index is 5.21. The zero-order valence-corrected chi connectivity index (χ0v) is 30.6. The molecule has 3 heterocycles. The fourth-order valence-electron chi connectivity index (χ4n) is 7.73. The van der Waals surface area contributed by atoms with Gasteiger partial charge in [0.25, 0.3) is 0 Å². The lowest BCUT2D eigenvalue weighted by Crippen LogP contribution is -3.16. The predicted molar refractivity (Wildman–Crippen MR) is 229 cm³/mol. The molecule has 0 fully saturated rings. The van der Waals surface area contributed by atoms with Crippen LogP contribution in [-0.4, -0.2) is 17.4 Å². The van der Waals surface area contributed by atoms with Gasteiger partial charge in [0.05, 0.1) is 11.4 Å². The van der Waals surface area contributed by atoms with Crippen molar-refractivity contribution in [1.29, 1.82) is 0 Å². The van der Waals surface area contributed by atoms with E-state index in [1.54, 1.807) is 0 Å². The molecule has 2 N–H and O–H groups in total. The van der Waals surface area contributed by atoms with Gasteiger partial charge < -0.3 is 5.32 Å². The Bertz CT molecular complexity index is 2680. The van der Waals surface area contributed by atoms with E-state index >= 15 is 0 Å². The normalized spacial score (nSPS) is 18.5. The molecule has 3 unspecified atom stereocenters. The van der Waals surface area contributed by atoms with Crippen molar-refractivity contribution in [2.45, 2.75) is 12.3 Å². The van der Waals surface area contributed by atoms with Gasteiger partial charge in [0.1, 0.15) is 11.9 Å². The first-order chi connectivity index (χ1) is 27.7. The monoisotopic (exact) mass is 720 g/mol. The molecule has 0 bridgehead atoms. The molecule has 0 radical (unpaired) electrons. The maximum absolute atomic E-state index is 5.21. The van der Waals surface area contributed by atoms with E-state index in [-0.39, 0.29) is 12.3 Å². The first-order valence-corrected chi connectivity index (χ1v) is 19.1. The van der Waals surface area contributed by atoms with E-state index in [9.17, 15) is 0 Å². The second kappa shape index (κ2) is 14.6. The number of allylic oxidation sites excluding steroid dienone is 2. The fourth-order valence-corrected chi connectivity index (χ4v) is 7.73. The van der Waals surface area contributed by atoms with E-state index in [1.807, 2.05) is 18.2 Å². The van der Waals surface area contributed by atoms with E-state index in [1.165, 1.54) is 27.3 Å². The second-order valence-electron chi connectivity index (χ2n) is 14.2.